The number of benzene rings is 1. The standard InChI is InChI=1S/C12H5BrClFN2OS/c13-6-4-17(18)5-9-11(6)16-12(19-9)10-7(14)2-1-3-8(10)15/h1-5H. The van der Waals surface area contributed by atoms with Crippen LogP contribution in [0.5, 0.6) is 0 Å². The molecule has 0 saturated carbocycles. The summed E-state index contributed by atoms with van der Waals surface area (Å²) in [5.41, 5.74) is 0.876. The van der Waals surface area contributed by atoms with Crippen LogP contribution in [0, 0.1) is 11.0 Å². The lowest BCUT2D eigenvalue weighted by molar-refractivity contribution is -0.604. The van der Waals surface area contributed by atoms with Gasteiger partial charge in [-0.25, -0.2) is 9.37 Å². The third-order valence-corrected chi connectivity index (χ3v) is 4.44. The van der Waals surface area contributed by atoms with Gasteiger partial charge in [-0.15, -0.1) is 11.3 Å². The summed E-state index contributed by atoms with van der Waals surface area (Å²) in [6.45, 7) is 0. The SMILES string of the molecule is [O-][n+]1cc(Br)c2nc(-c3c(F)cccc3Cl)sc2c1. The van der Waals surface area contributed by atoms with Gasteiger partial charge in [-0.1, -0.05) is 17.7 Å². The zero-order valence-electron chi connectivity index (χ0n) is 9.23. The number of hydrogen-bond acceptors (Lipinski definition) is 3. The Balaban J connectivity index is 2.30. The molecule has 2 heterocycles. The van der Waals surface area contributed by atoms with Crippen LogP contribution in [0.3, 0.4) is 0 Å². The average Bonchev–Trinajstić information content (AvgIpc) is 2.72. The maximum absolute atomic E-state index is 13.8. The highest BCUT2D eigenvalue weighted by Gasteiger charge is 2.17. The Bertz CT molecular complexity index is 772. The normalized spacial score (nSPS) is 11.1. The molecule has 7 heteroatoms. The summed E-state index contributed by atoms with van der Waals surface area (Å²) in [5, 5.41) is 12.1. The number of rotatable bonds is 1. The molecule has 0 unspecified atom stereocenters. The van der Waals surface area contributed by atoms with Gasteiger partial charge in [0, 0.05) is 0 Å². The van der Waals surface area contributed by atoms with E-state index >= 15 is 0 Å². The summed E-state index contributed by atoms with van der Waals surface area (Å²) in [5.74, 6) is -0.433. The van der Waals surface area contributed by atoms with Crippen molar-refractivity contribution >= 4 is 49.1 Å². The molecule has 3 rings (SSSR count). The Morgan fingerprint density at radius 3 is 2.89 bits per heavy atom. The van der Waals surface area contributed by atoms with Gasteiger partial charge in [-0.05, 0) is 28.1 Å². The molecule has 0 aliphatic carbocycles. The largest absolute Gasteiger partial charge is 0.619 e. The van der Waals surface area contributed by atoms with E-state index in [4.69, 9.17) is 11.6 Å². The summed E-state index contributed by atoms with van der Waals surface area (Å²) in [6, 6.07) is 4.47. The Hall–Kier alpha value is -1.24. The fraction of sp³-hybridized carbons (Fsp3) is 0. The number of hydrogen-bond donors (Lipinski definition) is 0. The Morgan fingerprint density at radius 2 is 2.16 bits per heavy atom. The van der Waals surface area contributed by atoms with E-state index in [9.17, 15) is 9.60 Å². The molecule has 0 bridgehead atoms. The highest BCUT2D eigenvalue weighted by atomic mass is 79.9. The molecule has 3 nitrogen and oxygen atoms in total. The molecule has 2 aromatic heterocycles. The van der Waals surface area contributed by atoms with Crippen molar-refractivity contribution in [1.29, 1.82) is 0 Å². The summed E-state index contributed by atoms with van der Waals surface area (Å²) >= 11 is 10.5. The lowest BCUT2D eigenvalue weighted by Gasteiger charge is -2.00. The molecule has 0 N–H and O–H groups in total. The number of halogens is 3. The molecule has 0 atom stereocenters. The number of thiazole rings is 1. The van der Waals surface area contributed by atoms with Crippen molar-refractivity contribution < 1.29 is 9.12 Å². The minimum Gasteiger partial charge on any atom is -0.619 e. The molecule has 0 radical (unpaired) electrons. The Kier molecular flexibility index (Phi) is 3.16. The van der Waals surface area contributed by atoms with Crippen molar-refractivity contribution in [2.75, 3.05) is 0 Å². The maximum Gasteiger partial charge on any atom is 0.199 e. The summed E-state index contributed by atoms with van der Waals surface area (Å²) in [7, 11) is 0. The molecule has 0 amide bonds. The van der Waals surface area contributed by atoms with Gasteiger partial charge in [0.2, 0.25) is 0 Å². The molecule has 0 aliphatic heterocycles. The van der Waals surface area contributed by atoms with E-state index in [1.807, 2.05) is 0 Å². The molecule has 3 aromatic rings. The van der Waals surface area contributed by atoms with Crippen molar-refractivity contribution in [2.45, 2.75) is 0 Å². The molecule has 0 aliphatic rings. The molecule has 1 aromatic carbocycles. The van der Waals surface area contributed by atoms with E-state index < -0.39 is 5.82 Å². The summed E-state index contributed by atoms with van der Waals surface area (Å²) in [4.78, 5) is 4.34. The molecular weight excluding hydrogens is 355 g/mol. The van der Waals surface area contributed by atoms with Gasteiger partial charge in [0.25, 0.3) is 0 Å². The van der Waals surface area contributed by atoms with Gasteiger partial charge in [-0.2, -0.15) is 4.73 Å². The zero-order chi connectivity index (χ0) is 13.6. The predicted octanol–water partition coefficient (Wildman–Crippen LogP) is 4.15. The van der Waals surface area contributed by atoms with E-state index in [-0.39, 0.29) is 5.56 Å². The lowest BCUT2D eigenvalue weighted by atomic mass is 10.2. The quantitative estimate of drug-likeness (QED) is 0.484. The van der Waals surface area contributed by atoms with Crippen molar-refractivity contribution in [2.24, 2.45) is 0 Å². The Labute approximate surface area is 125 Å². The minimum atomic E-state index is -0.433. The molecule has 0 spiro atoms. The lowest BCUT2D eigenvalue weighted by Crippen LogP contribution is -2.23. The fourth-order valence-corrected chi connectivity index (χ4v) is 3.73. The highest BCUT2D eigenvalue weighted by Crippen LogP contribution is 2.37. The van der Waals surface area contributed by atoms with E-state index in [2.05, 4.69) is 20.9 Å². The third-order valence-electron chi connectivity index (χ3n) is 2.54. The topological polar surface area (TPSA) is 39.8 Å². The molecule has 0 fully saturated rings. The first kappa shape index (κ1) is 12.8. The predicted molar refractivity (Wildman–Crippen MR) is 76.7 cm³/mol. The van der Waals surface area contributed by atoms with Crippen LogP contribution >= 0.6 is 38.9 Å². The van der Waals surface area contributed by atoms with Gasteiger partial charge in [0.1, 0.15) is 25.5 Å². The fourth-order valence-electron chi connectivity index (χ4n) is 1.73. The van der Waals surface area contributed by atoms with Crippen LogP contribution in [0.1, 0.15) is 0 Å². The van der Waals surface area contributed by atoms with E-state index in [1.165, 1.54) is 35.9 Å². The number of nitrogens with zero attached hydrogens (tertiary/aromatic N) is 2. The Morgan fingerprint density at radius 1 is 1.37 bits per heavy atom. The molecule has 0 saturated heterocycles. The van der Waals surface area contributed by atoms with Crippen LogP contribution in [-0.2, 0) is 0 Å². The summed E-state index contributed by atoms with van der Waals surface area (Å²) < 4.78 is 15.8. The van der Waals surface area contributed by atoms with Crippen LogP contribution in [0.25, 0.3) is 20.8 Å². The van der Waals surface area contributed by atoms with Gasteiger partial charge >= 0.3 is 0 Å². The van der Waals surface area contributed by atoms with Gasteiger partial charge < -0.3 is 5.21 Å². The molecule has 96 valence electrons. The monoisotopic (exact) mass is 358 g/mol. The van der Waals surface area contributed by atoms with Crippen LogP contribution in [0.2, 0.25) is 5.02 Å². The van der Waals surface area contributed by atoms with Gasteiger partial charge in [0.05, 0.1) is 10.6 Å². The highest BCUT2D eigenvalue weighted by molar-refractivity contribution is 9.10. The average molecular weight is 360 g/mol. The second-order valence-electron chi connectivity index (χ2n) is 3.79. The smallest absolute Gasteiger partial charge is 0.199 e. The van der Waals surface area contributed by atoms with Crippen LogP contribution in [0.4, 0.5) is 4.39 Å². The van der Waals surface area contributed by atoms with Crippen LogP contribution in [0.15, 0.2) is 35.1 Å². The van der Waals surface area contributed by atoms with Gasteiger partial charge in [0.15, 0.2) is 12.4 Å². The number of pyridine rings is 1. The number of fused-ring (bicyclic) bond motifs is 1. The van der Waals surface area contributed by atoms with Crippen molar-refractivity contribution in [3.05, 3.63) is 51.1 Å². The number of aromatic nitrogens is 2. The van der Waals surface area contributed by atoms with Crippen molar-refractivity contribution in [1.82, 2.24) is 4.98 Å². The molecular formula is C12H5BrClFN2OS. The van der Waals surface area contributed by atoms with E-state index in [1.54, 1.807) is 6.07 Å². The van der Waals surface area contributed by atoms with E-state index in [0.29, 0.717) is 29.5 Å². The molecule has 19 heavy (non-hydrogen) atoms. The first-order valence-electron chi connectivity index (χ1n) is 5.19. The van der Waals surface area contributed by atoms with Crippen molar-refractivity contribution in [3.8, 4) is 10.6 Å². The maximum atomic E-state index is 13.8. The van der Waals surface area contributed by atoms with Gasteiger partial charge in [-0.3, -0.25) is 0 Å². The van der Waals surface area contributed by atoms with Crippen LogP contribution in [-0.4, -0.2) is 4.98 Å². The van der Waals surface area contributed by atoms with E-state index in [0.717, 1.165) is 0 Å². The van der Waals surface area contributed by atoms with Crippen molar-refractivity contribution in [3.63, 3.8) is 0 Å². The first-order chi connectivity index (χ1) is 9.06. The third kappa shape index (κ3) is 2.20. The second kappa shape index (κ2) is 4.70. The second-order valence-corrected chi connectivity index (χ2v) is 6.09. The van der Waals surface area contributed by atoms with Crippen LogP contribution < -0.4 is 4.73 Å². The first-order valence-corrected chi connectivity index (χ1v) is 7.18. The minimum absolute atomic E-state index is 0.259. The summed E-state index contributed by atoms with van der Waals surface area (Å²) in [6.07, 6.45) is 2.75. The zero-order valence-corrected chi connectivity index (χ0v) is 12.4.